The van der Waals surface area contributed by atoms with Crippen molar-refractivity contribution in [2.45, 2.75) is 19.8 Å². The van der Waals surface area contributed by atoms with Gasteiger partial charge in [0.1, 0.15) is 0 Å². The summed E-state index contributed by atoms with van der Waals surface area (Å²) in [6.07, 6.45) is 1.79. The van der Waals surface area contributed by atoms with Crippen molar-refractivity contribution in [2.75, 3.05) is 6.54 Å². The maximum atomic E-state index is 10.0. The second kappa shape index (κ2) is 7.71. The fraction of sp³-hybridized carbons (Fsp3) is 1.00. The predicted molar refractivity (Wildman–Crippen MR) is 37.2 cm³/mol. The molecular weight excluding hydrogens is 180 g/mol. The molecule has 0 saturated heterocycles. The Morgan fingerprint density at radius 1 is 1.64 bits per heavy atom. The zero-order chi connectivity index (χ0) is 8.04. The van der Waals surface area contributed by atoms with Gasteiger partial charge in [0.15, 0.2) is 0 Å². The Labute approximate surface area is 89.5 Å². The van der Waals surface area contributed by atoms with Gasteiger partial charge in [-0.05, 0) is 6.42 Å². The number of hydrogen-bond donors (Lipinski definition) is 3. The summed E-state index contributed by atoms with van der Waals surface area (Å²) in [6.45, 7) is 2.43. The second-order valence-electron chi connectivity index (χ2n) is 1.83. The van der Waals surface area contributed by atoms with Crippen LogP contribution in [-0.4, -0.2) is 16.3 Å². The van der Waals surface area contributed by atoms with Crippen LogP contribution in [0.1, 0.15) is 21.2 Å². The van der Waals surface area contributed by atoms with Crippen LogP contribution < -0.4 is 35.0 Å². The molecule has 0 aromatic rings. The summed E-state index contributed by atoms with van der Waals surface area (Å²) >= 11 is 0. The summed E-state index contributed by atoms with van der Waals surface area (Å²) in [4.78, 5) is 16.3. The molecular formula is C4H13NNaO4P. The fourth-order valence-electron chi connectivity index (χ4n) is 0.379. The molecule has 64 valence electrons. The zero-order valence-corrected chi connectivity index (χ0v) is 9.67. The molecule has 3 N–H and O–H groups in total. The molecule has 0 aliphatic heterocycles. The molecule has 11 heavy (non-hydrogen) atoms. The number of phosphoric acid groups is 1. The first kappa shape index (κ1) is 14.6. The Hall–Kier alpha value is 1.07. The minimum absolute atomic E-state index is 0. The molecule has 0 spiro atoms. The summed E-state index contributed by atoms with van der Waals surface area (Å²) in [6, 6.07) is 0. The molecule has 0 radical (unpaired) electrons. The number of rotatable bonds is 5. The van der Waals surface area contributed by atoms with Crippen molar-refractivity contribution in [3.8, 4) is 0 Å². The van der Waals surface area contributed by atoms with Gasteiger partial charge in [-0.1, -0.05) is 13.3 Å². The fourth-order valence-corrected chi connectivity index (χ4v) is 0.638. The SMILES string of the molecule is CCCCNOP(=O)(O)O.[H-].[Na+]. The molecule has 7 heteroatoms. The predicted octanol–water partition coefficient (Wildman–Crippen LogP) is -2.48. The number of unbranched alkanes of at least 4 members (excludes halogenated alkanes) is 1. The molecule has 0 bridgehead atoms. The van der Waals surface area contributed by atoms with Gasteiger partial charge >= 0.3 is 37.4 Å². The first-order chi connectivity index (χ1) is 4.56. The first-order valence-corrected chi connectivity index (χ1v) is 4.56. The molecule has 0 aromatic carbocycles. The molecule has 0 fully saturated rings. The summed E-state index contributed by atoms with van der Waals surface area (Å²) in [7, 11) is -4.32. The van der Waals surface area contributed by atoms with Gasteiger partial charge in [-0.15, -0.1) is 0 Å². The summed E-state index contributed by atoms with van der Waals surface area (Å²) in [5.41, 5.74) is 2.16. The van der Waals surface area contributed by atoms with E-state index in [4.69, 9.17) is 9.79 Å². The van der Waals surface area contributed by atoms with E-state index in [9.17, 15) is 4.57 Å². The van der Waals surface area contributed by atoms with Crippen LogP contribution in [-0.2, 0) is 9.19 Å². The van der Waals surface area contributed by atoms with Crippen LogP contribution in [0.25, 0.3) is 0 Å². The summed E-state index contributed by atoms with van der Waals surface area (Å²) < 4.78 is 14.0. The van der Waals surface area contributed by atoms with Gasteiger partial charge in [0.2, 0.25) is 0 Å². The van der Waals surface area contributed by atoms with Gasteiger partial charge in [0.05, 0.1) is 0 Å². The van der Waals surface area contributed by atoms with Crippen LogP contribution >= 0.6 is 7.82 Å². The molecule has 0 atom stereocenters. The van der Waals surface area contributed by atoms with E-state index in [1.807, 2.05) is 6.92 Å². The Kier molecular flexibility index (Phi) is 10.2. The molecule has 0 amide bonds. The van der Waals surface area contributed by atoms with Gasteiger partial charge < -0.3 is 11.2 Å². The molecule has 0 heterocycles. The Balaban J connectivity index is -0.000000405. The minimum Gasteiger partial charge on any atom is -1.00 e. The number of hydroxylamine groups is 1. The minimum atomic E-state index is -4.32. The molecule has 5 nitrogen and oxygen atoms in total. The third-order valence-corrected chi connectivity index (χ3v) is 1.18. The molecule has 0 aliphatic rings. The maximum Gasteiger partial charge on any atom is 1.00 e. The molecule has 0 rings (SSSR count). The van der Waals surface area contributed by atoms with Crippen LogP contribution in [0.3, 0.4) is 0 Å². The molecule has 0 unspecified atom stereocenters. The van der Waals surface area contributed by atoms with Gasteiger partial charge in [0.25, 0.3) is 0 Å². The van der Waals surface area contributed by atoms with E-state index in [0.717, 1.165) is 12.8 Å². The van der Waals surface area contributed by atoms with E-state index in [-0.39, 0.29) is 31.0 Å². The van der Waals surface area contributed by atoms with Crippen molar-refractivity contribution in [1.29, 1.82) is 0 Å². The number of hydrogen-bond acceptors (Lipinski definition) is 3. The monoisotopic (exact) mass is 193 g/mol. The van der Waals surface area contributed by atoms with Crippen LogP contribution in [0.5, 0.6) is 0 Å². The third kappa shape index (κ3) is 14.0. The Morgan fingerprint density at radius 3 is 2.55 bits per heavy atom. The quantitative estimate of drug-likeness (QED) is 0.195. The van der Waals surface area contributed by atoms with E-state index in [2.05, 4.69) is 10.1 Å². The normalized spacial score (nSPS) is 10.8. The topological polar surface area (TPSA) is 78.8 Å². The maximum absolute atomic E-state index is 10.0. The zero-order valence-electron chi connectivity index (χ0n) is 7.78. The third-order valence-electron chi connectivity index (χ3n) is 0.816. The molecule has 0 aliphatic carbocycles. The molecule has 0 saturated carbocycles. The Morgan fingerprint density at radius 2 is 2.18 bits per heavy atom. The van der Waals surface area contributed by atoms with Crippen molar-refractivity contribution in [2.24, 2.45) is 0 Å². The smallest absolute Gasteiger partial charge is 1.00 e. The van der Waals surface area contributed by atoms with Gasteiger partial charge in [-0.3, -0.25) is 0 Å². The van der Waals surface area contributed by atoms with E-state index in [0.29, 0.717) is 6.54 Å². The van der Waals surface area contributed by atoms with Crippen molar-refractivity contribution in [1.82, 2.24) is 5.48 Å². The van der Waals surface area contributed by atoms with Crippen LogP contribution in [0, 0.1) is 0 Å². The van der Waals surface area contributed by atoms with Crippen molar-refractivity contribution in [3.63, 3.8) is 0 Å². The van der Waals surface area contributed by atoms with Crippen molar-refractivity contribution >= 4 is 7.82 Å². The van der Waals surface area contributed by atoms with E-state index < -0.39 is 7.82 Å². The van der Waals surface area contributed by atoms with Crippen LogP contribution in [0.15, 0.2) is 0 Å². The van der Waals surface area contributed by atoms with Crippen LogP contribution in [0.2, 0.25) is 0 Å². The standard InChI is InChI=1S/C4H12NO4P.Na.H/c1-2-3-4-5-9-10(6,7)8;;/h5H,2-4H2,1H3,(H2,6,7,8);;/q;+1;-1. The second-order valence-corrected chi connectivity index (χ2v) is 2.99. The Bertz CT molecular complexity index is 132. The van der Waals surface area contributed by atoms with Crippen LogP contribution in [0.4, 0.5) is 0 Å². The average Bonchev–Trinajstić information content (AvgIpc) is 1.78. The van der Waals surface area contributed by atoms with Gasteiger partial charge in [-0.25, -0.2) is 4.57 Å². The van der Waals surface area contributed by atoms with Gasteiger partial charge in [-0.2, -0.15) is 10.1 Å². The van der Waals surface area contributed by atoms with E-state index >= 15 is 0 Å². The number of nitrogens with one attached hydrogen (secondary N) is 1. The van der Waals surface area contributed by atoms with E-state index in [1.54, 1.807) is 0 Å². The molecule has 0 aromatic heterocycles. The largest absolute Gasteiger partial charge is 1.00 e. The van der Waals surface area contributed by atoms with Gasteiger partial charge in [0, 0.05) is 6.54 Å². The first-order valence-electron chi connectivity index (χ1n) is 3.03. The van der Waals surface area contributed by atoms with E-state index in [1.165, 1.54) is 0 Å². The summed E-state index contributed by atoms with van der Waals surface area (Å²) in [5.74, 6) is 0. The average molecular weight is 193 g/mol. The summed E-state index contributed by atoms with van der Waals surface area (Å²) in [5, 5.41) is 0. The van der Waals surface area contributed by atoms with Crippen molar-refractivity contribution < 1.29 is 50.0 Å². The van der Waals surface area contributed by atoms with Crippen molar-refractivity contribution in [3.05, 3.63) is 0 Å².